The molecule has 2 unspecified atom stereocenters. The summed E-state index contributed by atoms with van der Waals surface area (Å²) >= 11 is 6.08. The number of halogens is 1. The van der Waals surface area contributed by atoms with E-state index in [0.29, 0.717) is 28.8 Å². The fourth-order valence-electron chi connectivity index (χ4n) is 3.56. The Bertz CT molecular complexity index is 902. The van der Waals surface area contributed by atoms with E-state index in [4.69, 9.17) is 21.1 Å². The Morgan fingerprint density at radius 2 is 1.97 bits per heavy atom. The smallest absolute Gasteiger partial charge is 0.227 e. The predicted octanol–water partition coefficient (Wildman–Crippen LogP) is 3.98. The van der Waals surface area contributed by atoms with Crippen molar-refractivity contribution in [2.24, 2.45) is 5.92 Å². The first-order chi connectivity index (χ1) is 14.0. The largest absolute Gasteiger partial charge is 0.493 e. The second-order valence-corrected chi connectivity index (χ2v) is 7.41. The lowest BCUT2D eigenvalue weighted by molar-refractivity contribution is -0.127. The number of carbonyl (C=O) groups is 2. The number of hydrogen-bond acceptors (Lipinski definition) is 4. The summed E-state index contributed by atoms with van der Waals surface area (Å²) in [5.74, 6) is 0.493. The summed E-state index contributed by atoms with van der Waals surface area (Å²) in [5, 5.41) is 3.69. The van der Waals surface area contributed by atoms with Gasteiger partial charge in [-0.3, -0.25) is 9.59 Å². The second-order valence-electron chi connectivity index (χ2n) is 6.97. The van der Waals surface area contributed by atoms with Crippen molar-refractivity contribution < 1.29 is 19.1 Å². The van der Waals surface area contributed by atoms with Crippen molar-refractivity contribution in [2.75, 3.05) is 25.7 Å². The molecule has 3 rings (SSSR count). The number of nitrogens with one attached hydrogen (secondary N) is 1. The summed E-state index contributed by atoms with van der Waals surface area (Å²) < 4.78 is 10.6. The Morgan fingerprint density at radius 1 is 1.21 bits per heavy atom. The molecule has 1 aliphatic heterocycles. The van der Waals surface area contributed by atoms with Gasteiger partial charge in [0.1, 0.15) is 0 Å². The summed E-state index contributed by atoms with van der Waals surface area (Å²) in [5.41, 5.74) is 1.64. The van der Waals surface area contributed by atoms with Crippen molar-refractivity contribution in [3.63, 3.8) is 0 Å². The van der Waals surface area contributed by atoms with Crippen molar-refractivity contribution in [3.05, 3.63) is 53.1 Å². The van der Waals surface area contributed by atoms with Gasteiger partial charge in [0.2, 0.25) is 11.8 Å². The molecule has 2 aromatic rings. The molecule has 1 fully saturated rings. The Morgan fingerprint density at radius 3 is 2.62 bits per heavy atom. The van der Waals surface area contributed by atoms with Crippen molar-refractivity contribution in [1.82, 2.24) is 5.32 Å². The highest BCUT2D eigenvalue weighted by molar-refractivity contribution is 6.30. The van der Waals surface area contributed by atoms with Gasteiger partial charge >= 0.3 is 0 Å². The van der Waals surface area contributed by atoms with E-state index in [0.717, 1.165) is 12.0 Å². The van der Waals surface area contributed by atoms with E-state index < -0.39 is 5.92 Å². The number of amides is 2. The SMILES string of the molecule is CCC(NC(=O)C1CC(=O)N(c2ccc(OC)c(OC)c2)C1)c1cccc(Cl)c1. The van der Waals surface area contributed by atoms with Crippen molar-refractivity contribution >= 4 is 29.1 Å². The Labute approximate surface area is 175 Å². The molecule has 2 amide bonds. The third-order valence-electron chi connectivity index (χ3n) is 5.15. The van der Waals surface area contributed by atoms with Crippen LogP contribution in [0, 0.1) is 5.92 Å². The lowest BCUT2D eigenvalue weighted by atomic mass is 10.0. The van der Waals surface area contributed by atoms with Crippen LogP contribution in [0.25, 0.3) is 0 Å². The van der Waals surface area contributed by atoms with E-state index in [-0.39, 0.29) is 24.3 Å². The first-order valence-corrected chi connectivity index (χ1v) is 9.92. The zero-order chi connectivity index (χ0) is 21.0. The molecule has 154 valence electrons. The molecular formula is C22H25ClN2O4. The van der Waals surface area contributed by atoms with Crippen LogP contribution in [-0.2, 0) is 9.59 Å². The molecule has 2 atom stereocenters. The van der Waals surface area contributed by atoms with E-state index in [1.54, 1.807) is 43.4 Å². The Balaban J connectivity index is 1.71. The number of hydrogen-bond donors (Lipinski definition) is 1. The molecule has 1 saturated heterocycles. The summed E-state index contributed by atoms with van der Waals surface area (Å²) in [6.07, 6.45) is 0.901. The van der Waals surface area contributed by atoms with Gasteiger partial charge in [0.15, 0.2) is 11.5 Å². The highest BCUT2D eigenvalue weighted by atomic mass is 35.5. The highest BCUT2D eigenvalue weighted by Gasteiger charge is 2.36. The summed E-state index contributed by atoms with van der Waals surface area (Å²) in [4.78, 5) is 27.0. The molecule has 0 aromatic heterocycles. The van der Waals surface area contributed by atoms with E-state index in [2.05, 4.69) is 5.32 Å². The highest BCUT2D eigenvalue weighted by Crippen LogP contribution is 2.34. The normalized spacial score (nSPS) is 17.2. The minimum atomic E-state index is -0.413. The molecule has 2 aromatic carbocycles. The van der Waals surface area contributed by atoms with E-state index in [9.17, 15) is 9.59 Å². The van der Waals surface area contributed by atoms with Crippen LogP contribution < -0.4 is 19.7 Å². The Hall–Kier alpha value is -2.73. The predicted molar refractivity (Wildman–Crippen MR) is 113 cm³/mol. The second kappa shape index (κ2) is 9.18. The van der Waals surface area contributed by atoms with Crippen LogP contribution >= 0.6 is 11.6 Å². The minimum Gasteiger partial charge on any atom is -0.493 e. The number of rotatable bonds is 7. The van der Waals surface area contributed by atoms with E-state index >= 15 is 0 Å². The fourth-order valence-corrected chi connectivity index (χ4v) is 3.76. The van der Waals surface area contributed by atoms with Gasteiger partial charge in [0.05, 0.1) is 26.2 Å². The van der Waals surface area contributed by atoms with Crippen LogP contribution in [0.5, 0.6) is 11.5 Å². The average molecular weight is 417 g/mol. The average Bonchev–Trinajstić information content (AvgIpc) is 3.13. The number of benzene rings is 2. The molecule has 0 bridgehead atoms. The van der Waals surface area contributed by atoms with Gasteiger partial charge in [-0.15, -0.1) is 0 Å². The summed E-state index contributed by atoms with van der Waals surface area (Å²) in [7, 11) is 3.10. The molecule has 0 spiro atoms. The van der Waals surface area contributed by atoms with Crippen LogP contribution in [0.3, 0.4) is 0 Å². The first-order valence-electron chi connectivity index (χ1n) is 9.55. The third-order valence-corrected chi connectivity index (χ3v) is 5.39. The first kappa shape index (κ1) is 21.0. The maximum absolute atomic E-state index is 12.9. The van der Waals surface area contributed by atoms with Gasteiger partial charge in [0, 0.05) is 29.7 Å². The van der Waals surface area contributed by atoms with Crippen LogP contribution in [-0.4, -0.2) is 32.6 Å². The molecule has 1 aliphatic rings. The minimum absolute atomic E-state index is 0.0897. The number of carbonyl (C=O) groups excluding carboxylic acids is 2. The maximum atomic E-state index is 12.9. The molecule has 0 saturated carbocycles. The van der Waals surface area contributed by atoms with Crippen molar-refractivity contribution in [3.8, 4) is 11.5 Å². The quantitative estimate of drug-likeness (QED) is 0.741. The van der Waals surface area contributed by atoms with Gasteiger partial charge < -0.3 is 19.7 Å². The van der Waals surface area contributed by atoms with Crippen LogP contribution in [0.1, 0.15) is 31.4 Å². The Kier molecular flexibility index (Phi) is 6.64. The van der Waals surface area contributed by atoms with Gasteiger partial charge in [-0.25, -0.2) is 0 Å². The molecule has 1 heterocycles. The number of nitrogens with zero attached hydrogens (tertiary/aromatic N) is 1. The van der Waals surface area contributed by atoms with Gasteiger partial charge in [-0.2, -0.15) is 0 Å². The van der Waals surface area contributed by atoms with Crippen molar-refractivity contribution in [1.29, 1.82) is 0 Å². The molecule has 29 heavy (non-hydrogen) atoms. The standard InChI is InChI=1S/C22H25ClN2O4/c1-4-18(14-6-5-7-16(23)10-14)24-22(27)15-11-21(26)25(13-15)17-8-9-19(28-2)20(12-17)29-3/h5-10,12,15,18H,4,11,13H2,1-3H3,(H,24,27). The third kappa shape index (κ3) is 4.65. The maximum Gasteiger partial charge on any atom is 0.227 e. The molecule has 0 aliphatic carbocycles. The zero-order valence-electron chi connectivity index (χ0n) is 16.8. The molecule has 7 heteroatoms. The van der Waals surface area contributed by atoms with Crippen LogP contribution in [0.15, 0.2) is 42.5 Å². The van der Waals surface area contributed by atoms with Crippen molar-refractivity contribution in [2.45, 2.75) is 25.8 Å². The summed E-state index contributed by atoms with van der Waals surface area (Å²) in [6.45, 7) is 2.33. The monoisotopic (exact) mass is 416 g/mol. The number of anilines is 1. The van der Waals surface area contributed by atoms with Gasteiger partial charge in [-0.05, 0) is 36.2 Å². The van der Waals surface area contributed by atoms with Gasteiger partial charge in [-0.1, -0.05) is 30.7 Å². The summed E-state index contributed by atoms with van der Waals surface area (Å²) in [6, 6.07) is 12.6. The molecule has 0 radical (unpaired) electrons. The zero-order valence-corrected chi connectivity index (χ0v) is 17.5. The van der Waals surface area contributed by atoms with Crippen LogP contribution in [0.4, 0.5) is 5.69 Å². The van der Waals surface area contributed by atoms with E-state index in [1.165, 1.54) is 0 Å². The van der Waals surface area contributed by atoms with Gasteiger partial charge in [0.25, 0.3) is 0 Å². The molecule has 6 nitrogen and oxygen atoms in total. The fraction of sp³-hybridized carbons (Fsp3) is 0.364. The topological polar surface area (TPSA) is 67.9 Å². The lowest BCUT2D eigenvalue weighted by Crippen LogP contribution is -2.35. The van der Waals surface area contributed by atoms with E-state index in [1.807, 2.05) is 25.1 Å². The number of methoxy groups -OCH3 is 2. The lowest BCUT2D eigenvalue weighted by Gasteiger charge is -2.21. The van der Waals surface area contributed by atoms with Crippen LogP contribution in [0.2, 0.25) is 5.02 Å². The number of ether oxygens (including phenoxy) is 2. The molecule has 1 N–H and O–H groups in total. The molecular weight excluding hydrogens is 392 g/mol.